The van der Waals surface area contributed by atoms with Crippen molar-refractivity contribution in [3.8, 4) is 0 Å². The number of benzene rings is 1. The Bertz CT molecular complexity index is 727. The molecule has 0 unspecified atom stereocenters. The molecule has 1 saturated heterocycles. The Hall–Kier alpha value is -2.13. The standard InChI is InChI=1S/C12H16N4O4S/c1-12(2)11(18)15-10(17)6-16(12)8-4-3-7(13)5-9(8)21(14,19)20/h3-5H,6,13H2,1-2H3,(H2,14,19,20)(H,15,17,18). The van der Waals surface area contributed by atoms with Crippen molar-refractivity contribution in [2.75, 3.05) is 17.2 Å². The largest absolute Gasteiger partial charge is 0.399 e. The molecule has 1 aliphatic rings. The molecule has 1 aromatic carbocycles. The van der Waals surface area contributed by atoms with Gasteiger partial charge in [-0.3, -0.25) is 14.9 Å². The Balaban J connectivity index is 2.65. The third-order valence-electron chi connectivity index (χ3n) is 3.37. The van der Waals surface area contributed by atoms with Crippen LogP contribution in [0.3, 0.4) is 0 Å². The predicted molar refractivity (Wildman–Crippen MR) is 76.8 cm³/mol. The third kappa shape index (κ3) is 2.69. The third-order valence-corrected chi connectivity index (χ3v) is 4.31. The Kier molecular flexibility index (Phi) is 3.42. The highest BCUT2D eigenvalue weighted by molar-refractivity contribution is 7.89. The minimum Gasteiger partial charge on any atom is -0.399 e. The van der Waals surface area contributed by atoms with Crippen LogP contribution in [0.2, 0.25) is 0 Å². The van der Waals surface area contributed by atoms with E-state index in [-0.39, 0.29) is 22.8 Å². The molecule has 0 radical (unpaired) electrons. The van der Waals surface area contributed by atoms with Crippen LogP contribution in [0.15, 0.2) is 23.1 Å². The van der Waals surface area contributed by atoms with Crippen molar-refractivity contribution in [2.45, 2.75) is 24.3 Å². The van der Waals surface area contributed by atoms with Crippen molar-refractivity contribution in [1.29, 1.82) is 0 Å². The second-order valence-corrected chi connectivity index (χ2v) is 6.82. The van der Waals surface area contributed by atoms with Crippen molar-refractivity contribution in [1.82, 2.24) is 5.32 Å². The highest BCUT2D eigenvalue weighted by Crippen LogP contribution is 2.32. The number of nitrogens with two attached hydrogens (primary N) is 2. The molecule has 0 aliphatic carbocycles. The van der Waals surface area contributed by atoms with E-state index < -0.39 is 27.4 Å². The van der Waals surface area contributed by atoms with Crippen LogP contribution in [-0.2, 0) is 19.6 Å². The summed E-state index contributed by atoms with van der Waals surface area (Å²) in [5.41, 5.74) is 4.87. The normalized spacial score (nSPS) is 18.5. The van der Waals surface area contributed by atoms with Crippen molar-refractivity contribution in [2.24, 2.45) is 5.14 Å². The summed E-state index contributed by atoms with van der Waals surface area (Å²) in [7, 11) is -4.06. The number of rotatable bonds is 2. The van der Waals surface area contributed by atoms with Gasteiger partial charge in [0.15, 0.2) is 0 Å². The first-order chi connectivity index (χ1) is 9.53. The lowest BCUT2D eigenvalue weighted by molar-refractivity contribution is -0.135. The summed E-state index contributed by atoms with van der Waals surface area (Å²) < 4.78 is 23.5. The van der Waals surface area contributed by atoms with Crippen LogP contribution in [0.1, 0.15) is 13.8 Å². The van der Waals surface area contributed by atoms with E-state index in [1.807, 2.05) is 0 Å². The Morgan fingerprint density at radius 1 is 1.29 bits per heavy atom. The molecule has 5 N–H and O–H groups in total. The quantitative estimate of drug-likeness (QED) is 0.481. The van der Waals surface area contributed by atoms with Crippen molar-refractivity contribution in [3.63, 3.8) is 0 Å². The highest BCUT2D eigenvalue weighted by atomic mass is 32.2. The van der Waals surface area contributed by atoms with E-state index in [0.717, 1.165) is 0 Å². The van der Waals surface area contributed by atoms with Crippen LogP contribution in [0.5, 0.6) is 0 Å². The minimum absolute atomic E-state index is 0.162. The summed E-state index contributed by atoms with van der Waals surface area (Å²) in [6.07, 6.45) is 0. The number of hydrogen-bond donors (Lipinski definition) is 3. The Morgan fingerprint density at radius 2 is 1.90 bits per heavy atom. The molecule has 1 heterocycles. The van der Waals surface area contributed by atoms with Crippen LogP contribution >= 0.6 is 0 Å². The van der Waals surface area contributed by atoms with Crippen LogP contribution in [0, 0.1) is 0 Å². The van der Waals surface area contributed by atoms with Gasteiger partial charge in [0.2, 0.25) is 15.9 Å². The van der Waals surface area contributed by atoms with E-state index in [4.69, 9.17) is 10.9 Å². The fourth-order valence-corrected chi connectivity index (χ4v) is 2.92. The lowest BCUT2D eigenvalue weighted by atomic mass is 9.97. The molecule has 114 valence electrons. The number of anilines is 2. The lowest BCUT2D eigenvalue weighted by Gasteiger charge is -2.42. The summed E-state index contributed by atoms with van der Waals surface area (Å²) in [4.78, 5) is 24.7. The van der Waals surface area contributed by atoms with Crippen molar-refractivity contribution >= 4 is 33.2 Å². The molecule has 8 nitrogen and oxygen atoms in total. The number of hydrogen-bond acceptors (Lipinski definition) is 6. The first kappa shape index (κ1) is 15.3. The molecule has 2 rings (SSSR count). The molecular formula is C12H16N4O4S. The lowest BCUT2D eigenvalue weighted by Crippen LogP contribution is -2.64. The molecule has 0 atom stereocenters. The first-order valence-corrected chi connectivity index (χ1v) is 7.62. The molecule has 0 spiro atoms. The zero-order valence-electron chi connectivity index (χ0n) is 11.6. The SMILES string of the molecule is CC1(C)C(=O)NC(=O)CN1c1ccc(N)cc1S(N)(=O)=O. The van der Waals surface area contributed by atoms with E-state index in [0.29, 0.717) is 0 Å². The fourth-order valence-electron chi connectivity index (χ4n) is 2.15. The number of amides is 2. The number of piperazine rings is 1. The Labute approximate surface area is 122 Å². The molecule has 1 aromatic rings. The van der Waals surface area contributed by atoms with Gasteiger partial charge in [-0.15, -0.1) is 0 Å². The number of sulfonamides is 1. The van der Waals surface area contributed by atoms with Crippen LogP contribution in [0.25, 0.3) is 0 Å². The van der Waals surface area contributed by atoms with E-state index in [9.17, 15) is 18.0 Å². The molecule has 0 aromatic heterocycles. The van der Waals surface area contributed by atoms with E-state index in [2.05, 4.69) is 5.32 Å². The molecule has 1 fully saturated rings. The number of carbonyl (C=O) groups excluding carboxylic acids is 2. The van der Waals surface area contributed by atoms with E-state index in [1.165, 1.54) is 23.1 Å². The maximum atomic E-state index is 12.0. The summed E-state index contributed by atoms with van der Waals surface area (Å²) in [6.45, 7) is 3.00. The average molecular weight is 312 g/mol. The molecule has 1 aliphatic heterocycles. The predicted octanol–water partition coefficient (Wildman–Crippen LogP) is -0.842. The van der Waals surface area contributed by atoms with E-state index in [1.54, 1.807) is 13.8 Å². The molecule has 21 heavy (non-hydrogen) atoms. The number of nitrogen functional groups attached to an aromatic ring is 1. The molecule has 2 amide bonds. The van der Waals surface area contributed by atoms with Gasteiger partial charge in [0.05, 0.1) is 12.2 Å². The molecule has 9 heteroatoms. The molecule has 0 saturated carbocycles. The van der Waals surface area contributed by atoms with E-state index >= 15 is 0 Å². The van der Waals surface area contributed by atoms with Crippen LogP contribution < -0.4 is 21.1 Å². The maximum absolute atomic E-state index is 12.0. The first-order valence-electron chi connectivity index (χ1n) is 6.08. The van der Waals surface area contributed by atoms with Crippen molar-refractivity contribution < 1.29 is 18.0 Å². The summed E-state index contributed by atoms with van der Waals surface area (Å²) in [5.74, 6) is -1.03. The van der Waals surface area contributed by atoms with Gasteiger partial charge < -0.3 is 10.6 Å². The van der Waals surface area contributed by atoms with Gasteiger partial charge in [-0.05, 0) is 32.0 Å². The fraction of sp³-hybridized carbons (Fsp3) is 0.333. The summed E-state index contributed by atoms with van der Waals surface area (Å²) in [5, 5.41) is 7.41. The number of imide groups is 1. The second kappa shape index (κ2) is 4.71. The molecular weight excluding hydrogens is 296 g/mol. The zero-order chi connectivity index (χ0) is 16.0. The maximum Gasteiger partial charge on any atom is 0.251 e. The smallest absolute Gasteiger partial charge is 0.251 e. The second-order valence-electron chi connectivity index (χ2n) is 5.29. The summed E-state index contributed by atoms with van der Waals surface area (Å²) in [6, 6.07) is 4.12. The minimum atomic E-state index is -4.06. The number of carbonyl (C=O) groups is 2. The van der Waals surface area contributed by atoms with Gasteiger partial charge in [0.1, 0.15) is 10.4 Å². The van der Waals surface area contributed by atoms with Crippen LogP contribution in [-0.4, -0.2) is 32.3 Å². The van der Waals surface area contributed by atoms with Gasteiger partial charge in [-0.25, -0.2) is 13.6 Å². The van der Waals surface area contributed by atoms with Gasteiger partial charge in [0, 0.05) is 5.69 Å². The topological polar surface area (TPSA) is 136 Å². The number of primary sulfonamides is 1. The zero-order valence-corrected chi connectivity index (χ0v) is 12.4. The van der Waals surface area contributed by atoms with Gasteiger partial charge in [-0.1, -0.05) is 0 Å². The monoisotopic (exact) mass is 312 g/mol. The van der Waals surface area contributed by atoms with Gasteiger partial charge in [0.25, 0.3) is 5.91 Å². The molecule has 0 bridgehead atoms. The number of nitrogens with zero attached hydrogens (tertiary/aromatic N) is 1. The van der Waals surface area contributed by atoms with Gasteiger partial charge in [-0.2, -0.15) is 0 Å². The van der Waals surface area contributed by atoms with Crippen molar-refractivity contribution in [3.05, 3.63) is 18.2 Å². The van der Waals surface area contributed by atoms with Gasteiger partial charge >= 0.3 is 0 Å². The highest BCUT2D eigenvalue weighted by Gasteiger charge is 2.42. The average Bonchev–Trinajstić information content (AvgIpc) is 2.33. The Morgan fingerprint density at radius 3 is 2.48 bits per heavy atom. The summed E-state index contributed by atoms with van der Waals surface area (Å²) >= 11 is 0. The number of nitrogens with one attached hydrogen (secondary N) is 1. The van der Waals surface area contributed by atoms with Crippen LogP contribution in [0.4, 0.5) is 11.4 Å².